The van der Waals surface area contributed by atoms with E-state index in [0.29, 0.717) is 22.3 Å². The monoisotopic (exact) mass is 303 g/mol. The first-order valence-electron chi connectivity index (χ1n) is 6.13. The molecule has 0 aliphatic rings. The summed E-state index contributed by atoms with van der Waals surface area (Å²) in [5, 5.41) is 4.59. The zero-order chi connectivity index (χ0) is 15.0. The molecule has 2 aromatic heterocycles. The van der Waals surface area contributed by atoms with Crippen LogP contribution in [0.25, 0.3) is 10.9 Å². The molecule has 0 fully saturated rings. The molecule has 3 aromatic rings. The first-order chi connectivity index (χ1) is 9.99. The zero-order valence-corrected chi connectivity index (χ0v) is 12.0. The van der Waals surface area contributed by atoms with E-state index in [-0.39, 0.29) is 5.03 Å². The molecule has 21 heavy (non-hydrogen) atoms. The van der Waals surface area contributed by atoms with Crippen molar-refractivity contribution in [1.29, 1.82) is 0 Å². The third-order valence-corrected chi connectivity index (χ3v) is 4.54. The van der Waals surface area contributed by atoms with Gasteiger partial charge in [-0.1, -0.05) is 0 Å². The largest absolute Gasteiger partial charge is 0.397 e. The molecule has 0 unspecified atom stereocenters. The number of nitrogens with one attached hydrogen (secondary N) is 1. The van der Waals surface area contributed by atoms with Crippen LogP contribution in [0.1, 0.15) is 0 Å². The Morgan fingerprint density at radius 2 is 2.00 bits per heavy atom. The topological polar surface area (TPSA) is 103 Å². The Labute approximate surface area is 121 Å². The fourth-order valence-corrected chi connectivity index (χ4v) is 3.31. The standard InChI is InChI=1S/C13H13N5O2S/c1-18-12(6-8-16-18)21(19,20)17-11-5-4-10(14)13-9(11)3-2-7-15-13/h2-8,17H,14H2,1H3. The first-order valence-corrected chi connectivity index (χ1v) is 7.61. The summed E-state index contributed by atoms with van der Waals surface area (Å²) in [5.41, 5.74) is 7.33. The van der Waals surface area contributed by atoms with Crippen LogP contribution < -0.4 is 10.5 Å². The molecule has 0 bridgehead atoms. The summed E-state index contributed by atoms with van der Waals surface area (Å²) < 4.78 is 28.6. The second-order valence-electron chi connectivity index (χ2n) is 4.50. The van der Waals surface area contributed by atoms with Crippen LogP contribution in [0.15, 0.2) is 47.8 Å². The van der Waals surface area contributed by atoms with E-state index in [4.69, 9.17) is 5.73 Å². The van der Waals surface area contributed by atoms with Gasteiger partial charge < -0.3 is 5.73 Å². The number of hydrogen-bond acceptors (Lipinski definition) is 5. The van der Waals surface area contributed by atoms with Crippen molar-refractivity contribution in [2.45, 2.75) is 5.03 Å². The molecular weight excluding hydrogens is 290 g/mol. The van der Waals surface area contributed by atoms with Crippen LogP contribution in [-0.2, 0) is 17.1 Å². The molecule has 0 spiro atoms. The van der Waals surface area contributed by atoms with E-state index < -0.39 is 10.0 Å². The highest BCUT2D eigenvalue weighted by Gasteiger charge is 2.19. The fraction of sp³-hybridized carbons (Fsp3) is 0.0769. The Morgan fingerprint density at radius 3 is 2.71 bits per heavy atom. The third kappa shape index (κ3) is 2.29. The van der Waals surface area contributed by atoms with Gasteiger partial charge in [-0.05, 0) is 30.3 Å². The minimum Gasteiger partial charge on any atom is -0.397 e. The summed E-state index contributed by atoms with van der Waals surface area (Å²) in [6.45, 7) is 0. The molecule has 0 aliphatic heterocycles. The van der Waals surface area contributed by atoms with E-state index in [9.17, 15) is 8.42 Å². The van der Waals surface area contributed by atoms with Crippen molar-refractivity contribution in [3.8, 4) is 0 Å². The number of aromatic nitrogens is 3. The number of nitrogens with zero attached hydrogens (tertiary/aromatic N) is 3. The number of fused-ring (bicyclic) bond motifs is 1. The van der Waals surface area contributed by atoms with Crippen molar-refractivity contribution in [2.75, 3.05) is 10.5 Å². The lowest BCUT2D eigenvalue weighted by Crippen LogP contribution is -2.17. The van der Waals surface area contributed by atoms with Crippen molar-refractivity contribution in [3.63, 3.8) is 0 Å². The number of hydrogen-bond donors (Lipinski definition) is 2. The Balaban J connectivity index is 2.11. The predicted octanol–water partition coefficient (Wildman–Crippen LogP) is 1.35. The molecule has 7 nitrogen and oxygen atoms in total. The van der Waals surface area contributed by atoms with E-state index in [0.717, 1.165) is 0 Å². The van der Waals surface area contributed by atoms with Crippen LogP contribution in [-0.4, -0.2) is 23.2 Å². The van der Waals surface area contributed by atoms with Crippen LogP contribution in [0, 0.1) is 0 Å². The number of benzene rings is 1. The van der Waals surface area contributed by atoms with Gasteiger partial charge in [-0.15, -0.1) is 0 Å². The third-order valence-electron chi connectivity index (χ3n) is 3.10. The second-order valence-corrected chi connectivity index (χ2v) is 6.13. The number of nitrogen functional groups attached to an aromatic ring is 1. The maximum Gasteiger partial charge on any atom is 0.279 e. The molecule has 0 aliphatic carbocycles. The van der Waals surface area contributed by atoms with Gasteiger partial charge in [0.05, 0.1) is 23.1 Å². The smallest absolute Gasteiger partial charge is 0.279 e. The highest BCUT2D eigenvalue weighted by atomic mass is 32.2. The molecule has 0 saturated carbocycles. The number of sulfonamides is 1. The summed E-state index contributed by atoms with van der Waals surface area (Å²) in [6, 6.07) is 8.16. The molecule has 1 aromatic carbocycles. The lowest BCUT2D eigenvalue weighted by molar-refractivity contribution is 0.582. The lowest BCUT2D eigenvalue weighted by Gasteiger charge is -2.11. The quantitative estimate of drug-likeness (QED) is 0.711. The van der Waals surface area contributed by atoms with Crippen molar-refractivity contribution >= 4 is 32.3 Å². The van der Waals surface area contributed by atoms with E-state index in [2.05, 4.69) is 14.8 Å². The van der Waals surface area contributed by atoms with Gasteiger partial charge in [0.25, 0.3) is 10.0 Å². The van der Waals surface area contributed by atoms with Gasteiger partial charge >= 0.3 is 0 Å². The van der Waals surface area contributed by atoms with Gasteiger partial charge in [-0.25, -0.2) is 0 Å². The van der Waals surface area contributed by atoms with Gasteiger partial charge in [0, 0.05) is 18.6 Å². The van der Waals surface area contributed by atoms with E-state index in [1.165, 1.54) is 16.9 Å². The zero-order valence-electron chi connectivity index (χ0n) is 11.2. The molecule has 0 radical (unpaired) electrons. The number of pyridine rings is 1. The second kappa shape index (κ2) is 4.74. The molecule has 8 heteroatoms. The molecular formula is C13H13N5O2S. The van der Waals surface area contributed by atoms with Crippen LogP contribution in [0.5, 0.6) is 0 Å². The lowest BCUT2D eigenvalue weighted by atomic mass is 10.1. The average molecular weight is 303 g/mol. The van der Waals surface area contributed by atoms with Crippen molar-refractivity contribution in [2.24, 2.45) is 7.05 Å². The van der Waals surface area contributed by atoms with Gasteiger partial charge in [-0.2, -0.15) is 13.5 Å². The van der Waals surface area contributed by atoms with Gasteiger partial charge in [0.15, 0.2) is 5.03 Å². The van der Waals surface area contributed by atoms with E-state index in [1.54, 1.807) is 37.5 Å². The minimum absolute atomic E-state index is 0.0800. The SMILES string of the molecule is Cn1nccc1S(=O)(=O)Nc1ccc(N)c2ncccc12. The fourth-order valence-electron chi connectivity index (χ4n) is 2.11. The molecule has 2 heterocycles. The summed E-state index contributed by atoms with van der Waals surface area (Å²) in [4.78, 5) is 4.17. The Bertz CT molecular complexity index is 917. The molecule has 108 valence electrons. The highest BCUT2D eigenvalue weighted by molar-refractivity contribution is 7.92. The first kappa shape index (κ1) is 13.4. The molecule has 0 saturated heterocycles. The number of anilines is 2. The van der Waals surface area contributed by atoms with Crippen LogP contribution in [0.3, 0.4) is 0 Å². The maximum atomic E-state index is 12.4. The normalized spacial score (nSPS) is 11.7. The van der Waals surface area contributed by atoms with Gasteiger partial charge in [0.1, 0.15) is 0 Å². The molecule has 3 N–H and O–H groups in total. The van der Waals surface area contributed by atoms with E-state index in [1.807, 2.05) is 0 Å². The van der Waals surface area contributed by atoms with Crippen molar-refractivity contribution < 1.29 is 8.42 Å². The summed E-state index contributed by atoms with van der Waals surface area (Å²) in [5.74, 6) is 0. The van der Waals surface area contributed by atoms with Gasteiger partial charge in [0.2, 0.25) is 0 Å². The van der Waals surface area contributed by atoms with Crippen LogP contribution in [0.4, 0.5) is 11.4 Å². The Hall–Kier alpha value is -2.61. The molecule has 3 rings (SSSR count). The number of rotatable bonds is 3. The predicted molar refractivity (Wildman–Crippen MR) is 80.2 cm³/mol. The summed E-state index contributed by atoms with van der Waals surface area (Å²) in [7, 11) is -2.16. The van der Waals surface area contributed by atoms with Crippen molar-refractivity contribution in [1.82, 2.24) is 14.8 Å². The minimum atomic E-state index is -3.72. The Morgan fingerprint density at radius 1 is 1.19 bits per heavy atom. The van der Waals surface area contributed by atoms with Crippen LogP contribution >= 0.6 is 0 Å². The van der Waals surface area contributed by atoms with Gasteiger partial charge in [-0.3, -0.25) is 14.4 Å². The Kier molecular flexibility index (Phi) is 3.02. The summed E-state index contributed by atoms with van der Waals surface area (Å²) >= 11 is 0. The van der Waals surface area contributed by atoms with E-state index >= 15 is 0 Å². The highest BCUT2D eigenvalue weighted by Crippen LogP contribution is 2.28. The number of nitrogens with two attached hydrogens (primary N) is 1. The summed E-state index contributed by atoms with van der Waals surface area (Å²) in [6.07, 6.45) is 3.04. The average Bonchev–Trinajstić information content (AvgIpc) is 2.89. The molecule has 0 atom stereocenters. The maximum absolute atomic E-state index is 12.4. The number of aryl methyl sites for hydroxylation is 1. The van der Waals surface area contributed by atoms with Crippen LogP contribution in [0.2, 0.25) is 0 Å². The molecule has 0 amide bonds. The van der Waals surface area contributed by atoms with Crippen molar-refractivity contribution in [3.05, 3.63) is 42.7 Å².